The molecule has 5 nitrogen and oxygen atoms in total. The number of amides is 2. The fourth-order valence-electron chi connectivity index (χ4n) is 5.28. The maximum absolute atomic E-state index is 13.9. The number of benzene rings is 4. The van der Waals surface area contributed by atoms with E-state index in [9.17, 15) is 9.59 Å². The van der Waals surface area contributed by atoms with Gasteiger partial charge in [0.15, 0.2) is 6.61 Å². The zero-order valence-corrected chi connectivity index (χ0v) is 24.5. The van der Waals surface area contributed by atoms with Crippen molar-refractivity contribution in [1.82, 2.24) is 10.2 Å². The first-order valence-electron chi connectivity index (χ1n) is 13.7. The van der Waals surface area contributed by atoms with E-state index in [1.807, 2.05) is 84.9 Å². The topological polar surface area (TPSA) is 58.6 Å². The molecule has 0 aromatic heterocycles. The van der Waals surface area contributed by atoms with Crippen LogP contribution in [0.2, 0.25) is 5.02 Å². The SMILES string of the molecule is O=C(NC1CCCC1)[C@H](Cc1ccccc1)N(Cc1ccccc1Cl)C(=O)COc1ccc2ccccc2c1Br. The average Bonchev–Trinajstić information content (AvgIpc) is 3.49. The molecular weight excluding hydrogens is 588 g/mol. The third-order valence-corrected chi connectivity index (χ3v) is 8.64. The summed E-state index contributed by atoms with van der Waals surface area (Å²) in [5, 5.41) is 5.84. The van der Waals surface area contributed by atoms with Crippen LogP contribution in [0.25, 0.3) is 10.8 Å². The lowest BCUT2D eigenvalue weighted by atomic mass is 10.0. The van der Waals surface area contributed by atoms with Gasteiger partial charge in [-0.25, -0.2) is 0 Å². The van der Waals surface area contributed by atoms with Gasteiger partial charge < -0.3 is 15.0 Å². The fourth-order valence-corrected chi connectivity index (χ4v) is 6.08. The van der Waals surface area contributed by atoms with E-state index in [4.69, 9.17) is 16.3 Å². The number of carbonyl (C=O) groups is 2. The van der Waals surface area contributed by atoms with E-state index in [-0.39, 0.29) is 31.0 Å². The molecule has 4 aromatic rings. The maximum atomic E-state index is 13.9. The molecule has 1 atom stereocenters. The molecule has 0 aliphatic heterocycles. The molecule has 206 valence electrons. The normalized spacial score (nSPS) is 14.2. The first kappa shape index (κ1) is 28.2. The number of halogens is 2. The highest BCUT2D eigenvalue weighted by atomic mass is 79.9. The van der Waals surface area contributed by atoms with Crippen LogP contribution in [0.15, 0.2) is 95.5 Å². The predicted molar refractivity (Wildman–Crippen MR) is 163 cm³/mol. The first-order chi connectivity index (χ1) is 19.5. The van der Waals surface area contributed by atoms with E-state index in [1.165, 1.54) is 0 Å². The largest absolute Gasteiger partial charge is 0.483 e. The second kappa shape index (κ2) is 13.3. The van der Waals surface area contributed by atoms with Crippen LogP contribution in [0.1, 0.15) is 36.8 Å². The van der Waals surface area contributed by atoms with E-state index < -0.39 is 6.04 Å². The molecule has 1 aliphatic rings. The van der Waals surface area contributed by atoms with Crippen molar-refractivity contribution in [1.29, 1.82) is 0 Å². The summed E-state index contributed by atoms with van der Waals surface area (Å²) >= 11 is 10.2. The summed E-state index contributed by atoms with van der Waals surface area (Å²) in [4.78, 5) is 29.4. The monoisotopic (exact) mass is 618 g/mol. The van der Waals surface area contributed by atoms with Crippen molar-refractivity contribution in [2.45, 2.75) is 50.7 Å². The number of fused-ring (bicyclic) bond motifs is 1. The Morgan fingerprint density at radius 1 is 0.925 bits per heavy atom. The highest BCUT2D eigenvalue weighted by Crippen LogP contribution is 2.33. The van der Waals surface area contributed by atoms with Crippen molar-refractivity contribution in [3.05, 3.63) is 112 Å². The van der Waals surface area contributed by atoms with Crippen LogP contribution < -0.4 is 10.1 Å². The van der Waals surface area contributed by atoms with Gasteiger partial charge in [0.2, 0.25) is 5.91 Å². The molecule has 1 N–H and O–H groups in total. The number of carbonyl (C=O) groups excluding carboxylic acids is 2. The van der Waals surface area contributed by atoms with Gasteiger partial charge in [-0.2, -0.15) is 0 Å². The number of nitrogens with zero attached hydrogens (tertiary/aromatic N) is 1. The van der Waals surface area contributed by atoms with Crippen molar-refractivity contribution in [2.24, 2.45) is 0 Å². The predicted octanol–water partition coefficient (Wildman–Crippen LogP) is 7.33. The molecule has 7 heteroatoms. The fraction of sp³-hybridized carbons (Fsp3) is 0.273. The summed E-state index contributed by atoms with van der Waals surface area (Å²) in [6.07, 6.45) is 4.51. The average molecular weight is 620 g/mol. The third-order valence-electron chi connectivity index (χ3n) is 7.45. The van der Waals surface area contributed by atoms with E-state index in [0.29, 0.717) is 17.2 Å². The van der Waals surface area contributed by atoms with Gasteiger partial charge in [0, 0.05) is 24.0 Å². The Labute approximate surface area is 248 Å². The molecule has 40 heavy (non-hydrogen) atoms. The van der Waals surface area contributed by atoms with Gasteiger partial charge in [0.1, 0.15) is 11.8 Å². The van der Waals surface area contributed by atoms with Gasteiger partial charge in [0.05, 0.1) is 4.47 Å². The minimum absolute atomic E-state index is 0.132. The van der Waals surface area contributed by atoms with Crippen LogP contribution in [-0.2, 0) is 22.6 Å². The maximum Gasteiger partial charge on any atom is 0.261 e. The first-order valence-corrected chi connectivity index (χ1v) is 14.8. The van der Waals surface area contributed by atoms with Crippen molar-refractivity contribution in [3.63, 3.8) is 0 Å². The summed E-state index contributed by atoms with van der Waals surface area (Å²) in [6.45, 7) is -0.0280. The van der Waals surface area contributed by atoms with Crippen LogP contribution in [0, 0.1) is 0 Å². The lowest BCUT2D eigenvalue weighted by Gasteiger charge is -2.32. The molecular formula is C33H32BrClN2O3. The van der Waals surface area contributed by atoms with Gasteiger partial charge in [-0.05, 0) is 62.8 Å². The summed E-state index contributed by atoms with van der Waals surface area (Å²) in [6, 6.07) is 28.4. The van der Waals surface area contributed by atoms with E-state index in [1.54, 1.807) is 11.0 Å². The van der Waals surface area contributed by atoms with Crippen molar-refractivity contribution in [2.75, 3.05) is 6.61 Å². The van der Waals surface area contributed by atoms with Gasteiger partial charge in [0.25, 0.3) is 5.91 Å². The third kappa shape index (κ3) is 6.86. The molecule has 0 saturated heterocycles. The van der Waals surface area contributed by atoms with E-state index in [2.05, 4.69) is 21.2 Å². The molecule has 1 fully saturated rings. The minimum atomic E-state index is -0.726. The number of ether oxygens (including phenoxy) is 1. The van der Waals surface area contributed by atoms with E-state index >= 15 is 0 Å². The van der Waals surface area contributed by atoms with Crippen LogP contribution in [0.5, 0.6) is 5.75 Å². The Hall–Kier alpha value is -3.35. The lowest BCUT2D eigenvalue weighted by Crippen LogP contribution is -2.53. The number of rotatable bonds is 10. The number of hydrogen-bond acceptors (Lipinski definition) is 3. The standard InChI is InChI=1S/C33H32BrClN2O3/c34-32-27-16-8-4-12-24(27)18-19-30(32)40-22-31(38)37(21-25-13-5-9-17-28(25)35)29(20-23-10-2-1-3-11-23)33(39)36-26-14-6-7-15-26/h1-5,8-13,16-19,26,29H,6-7,14-15,20-22H2,(H,36,39)/t29-/m0/s1. The molecule has 0 bridgehead atoms. The van der Waals surface area contributed by atoms with Gasteiger partial charge >= 0.3 is 0 Å². The molecule has 0 radical (unpaired) electrons. The van der Waals surface area contributed by atoms with Crippen molar-refractivity contribution in [3.8, 4) is 5.75 Å². The zero-order chi connectivity index (χ0) is 27.9. The second-order valence-electron chi connectivity index (χ2n) is 10.2. The second-order valence-corrected chi connectivity index (χ2v) is 11.4. The zero-order valence-electron chi connectivity index (χ0n) is 22.2. The molecule has 4 aromatic carbocycles. The van der Waals surface area contributed by atoms with Crippen LogP contribution in [0.3, 0.4) is 0 Å². The van der Waals surface area contributed by atoms with Crippen LogP contribution in [-0.4, -0.2) is 35.4 Å². The summed E-state index contributed by atoms with van der Waals surface area (Å²) in [5.41, 5.74) is 1.75. The molecule has 0 unspecified atom stereocenters. The smallest absolute Gasteiger partial charge is 0.261 e. The summed E-state index contributed by atoms with van der Waals surface area (Å²) < 4.78 is 6.85. The Bertz CT molecular complexity index is 1470. The molecule has 2 amide bonds. The van der Waals surface area contributed by atoms with Crippen LogP contribution >= 0.6 is 27.5 Å². The Kier molecular flexibility index (Phi) is 9.40. The van der Waals surface area contributed by atoms with Crippen molar-refractivity contribution < 1.29 is 14.3 Å². The van der Waals surface area contributed by atoms with Gasteiger partial charge in [-0.1, -0.05) is 103 Å². The minimum Gasteiger partial charge on any atom is -0.483 e. The molecule has 1 aliphatic carbocycles. The summed E-state index contributed by atoms with van der Waals surface area (Å²) in [7, 11) is 0. The molecule has 0 heterocycles. The lowest BCUT2D eigenvalue weighted by molar-refractivity contribution is -0.143. The highest BCUT2D eigenvalue weighted by molar-refractivity contribution is 9.10. The Morgan fingerprint density at radius 2 is 1.62 bits per heavy atom. The molecule has 0 spiro atoms. The van der Waals surface area contributed by atoms with Gasteiger partial charge in [-0.3, -0.25) is 9.59 Å². The summed E-state index contributed by atoms with van der Waals surface area (Å²) in [5.74, 6) is 0.130. The van der Waals surface area contributed by atoms with Crippen LogP contribution in [0.4, 0.5) is 0 Å². The number of nitrogens with one attached hydrogen (secondary N) is 1. The quantitative estimate of drug-likeness (QED) is 0.202. The number of hydrogen-bond donors (Lipinski definition) is 1. The Balaban J connectivity index is 1.44. The van der Waals surface area contributed by atoms with Crippen molar-refractivity contribution >= 4 is 50.1 Å². The van der Waals surface area contributed by atoms with E-state index in [0.717, 1.165) is 52.1 Å². The van der Waals surface area contributed by atoms with Gasteiger partial charge in [-0.15, -0.1) is 0 Å². The molecule has 1 saturated carbocycles. The molecule has 5 rings (SSSR count). The Morgan fingerprint density at radius 3 is 2.40 bits per heavy atom. The highest BCUT2D eigenvalue weighted by Gasteiger charge is 2.32.